The maximum Gasteiger partial charge on any atom is 0.387 e. The third kappa shape index (κ3) is 6.71. The number of ether oxygens (including phenoxy) is 2. The molecule has 2 aromatic rings. The van der Waals surface area contributed by atoms with Gasteiger partial charge in [0.05, 0.1) is 7.11 Å². The van der Waals surface area contributed by atoms with Crippen LogP contribution in [0.4, 0.5) is 8.78 Å². The average molecular weight is 397 g/mol. The van der Waals surface area contributed by atoms with Crippen LogP contribution in [0.1, 0.15) is 10.4 Å². The molecule has 8 heteroatoms. The van der Waals surface area contributed by atoms with Crippen molar-refractivity contribution in [3.05, 3.63) is 46.2 Å². The zero-order valence-electron chi connectivity index (χ0n) is 15.7. The van der Waals surface area contributed by atoms with Crippen LogP contribution in [0.5, 0.6) is 11.5 Å². The number of methoxy groups -OCH3 is 1. The van der Waals surface area contributed by atoms with E-state index in [-0.39, 0.29) is 11.5 Å². The van der Waals surface area contributed by atoms with Crippen molar-refractivity contribution in [2.45, 2.75) is 19.5 Å². The van der Waals surface area contributed by atoms with Gasteiger partial charge in [0.2, 0.25) is 0 Å². The van der Waals surface area contributed by atoms with Crippen molar-refractivity contribution >= 4 is 17.3 Å². The lowest BCUT2D eigenvalue weighted by molar-refractivity contribution is -0.0512. The van der Waals surface area contributed by atoms with Gasteiger partial charge in [-0.2, -0.15) is 8.78 Å². The third-order valence-corrected chi connectivity index (χ3v) is 4.92. The Morgan fingerprint density at radius 3 is 2.70 bits per heavy atom. The second kappa shape index (κ2) is 10.7. The molecule has 0 unspecified atom stereocenters. The number of nitrogens with one attached hydrogen (secondary N) is 1. The third-order valence-electron chi connectivity index (χ3n) is 3.99. The van der Waals surface area contributed by atoms with E-state index >= 15 is 0 Å². The lowest BCUT2D eigenvalue weighted by Gasteiger charge is -2.22. The summed E-state index contributed by atoms with van der Waals surface area (Å²) in [6.45, 7) is -1.41. The van der Waals surface area contributed by atoms with Gasteiger partial charge in [-0.3, -0.25) is 4.99 Å². The Hall–Kier alpha value is -2.35. The standard InChI is InChI=1S/C19H25F2N3O2S/c1-22-19(24(2)11-9-15-5-4-12-27-15)23-10-8-14-6-7-16(25-3)17(13-14)26-18(20)21/h4-7,12-13,18H,8-11H2,1-3H3,(H,22,23). The van der Waals surface area contributed by atoms with Gasteiger partial charge >= 0.3 is 6.61 Å². The Kier molecular flexibility index (Phi) is 8.32. The van der Waals surface area contributed by atoms with Crippen molar-refractivity contribution < 1.29 is 18.3 Å². The largest absolute Gasteiger partial charge is 0.493 e. The van der Waals surface area contributed by atoms with E-state index in [1.54, 1.807) is 30.5 Å². The normalized spacial score (nSPS) is 11.6. The zero-order valence-corrected chi connectivity index (χ0v) is 16.6. The van der Waals surface area contributed by atoms with Gasteiger partial charge in [0.15, 0.2) is 17.5 Å². The molecule has 27 heavy (non-hydrogen) atoms. The lowest BCUT2D eigenvalue weighted by Crippen LogP contribution is -2.40. The van der Waals surface area contributed by atoms with E-state index in [0.717, 1.165) is 24.5 Å². The fraction of sp³-hybridized carbons (Fsp3) is 0.421. The van der Waals surface area contributed by atoms with Crippen LogP contribution in [0.3, 0.4) is 0 Å². The molecule has 1 aromatic heterocycles. The average Bonchev–Trinajstić information content (AvgIpc) is 3.16. The van der Waals surface area contributed by atoms with Crippen molar-refractivity contribution in [3.63, 3.8) is 0 Å². The molecule has 0 amide bonds. The van der Waals surface area contributed by atoms with Crippen molar-refractivity contribution in [2.24, 2.45) is 4.99 Å². The molecule has 0 atom stereocenters. The van der Waals surface area contributed by atoms with Crippen LogP contribution in [0.2, 0.25) is 0 Å². The van der Waals surface area contributed by atoms with Crippen LogP contribution in [-0.2, 0) is 12.8 Å². The van der Waals surface area contributed by atoms with Crippen molar-refractivity contribution in [3.8, 4) is 11.5 Å². The van der Waals surface area contributed by atoms with E-state index in [4.69, 9.17) is 4.74 Å². The van der Waals surface area contributed by atoms with Crippen molar-refractivity contribution in [1.82, 2.24) is 10.2 Å². The van der Waals surface area contributed by atoms with Gasteiger partial charge in [0, 0.05) is 32.1 Å². The summed E-state index contributed by atoms with van der Waals surface area (Å²) in [5.41, 5.74) is 0.871. The monoisotopic (exact) mass is 397 g/mol. The molecule has 5 nitrogen and oxygen atoms in total. The van der Waals surface area contributed by atoms with E-state index in [9.17, 15) is 8.78 Å². The van der Waals surface area contributed by atoms with E-state index in [0.29, 0.717) is 13.0 Å². The minimum Gasteiger partial charge on any atom is -0.493 e. The number of guanidine groups is 1. The first kappa shape index (κ1) is 21.0. The molecule has 0 fully saturated rings. The van der Waals surface area contributed by atoms with Crippen molar-refractivity contribution in [2.75, 3.05) is 34.3 Å². The molecule has 148 valence electrons. The van der Waals surface area contributed by atoms with Crippen LogP contribution >= 0.6 is 11.3 Å². The van der Waals surface area contributed by atoms with Gasteiger partial charge in [0.25, 0.3) is 0 Å². The van der Waals surface area contributed by atoms with E-state index in [2.05, 4.69) is 31.4 Å². The molecule has 0 radical (unpaired) electrons. The Balaban J connectivity index is 1.86. The van der Waals surface area contributed by atoms with Gasteiger partial charge in [-0.1, -0.05) is 12.1 Å². The van der Waals surface area contributed by atoms with Crippen LogP contribution < -0.4 is 14.8 Å². The minimum atomic E-state index is -2.89. The van der Waals surface area contributed by atoms with E-state index < -0.39 is 6.61 Å². The Morgan fingerprint density at radius 1 is 1.26 bits per heavy atom. The number of thiophene rings is 1. The predicted octanol–water partition coefficient (Wildman–Crippen LogP) is 3.65. The number of benzene rings is 1. The summed E-state index contributed by atoms with van der Waals surface area (Å²) in [5.74, 6) is 1.13. The van der Waals surface area contributed by atoms with E-state index in [1.807, 2.05) is 19.2 Å². The number of aliphatic imine (C=N–C) groups is 1. The molecule has 0 saturated carbocycles. The van der Waals surface area contributed by atoms with Crippen LogP contribution in [0, 0.1) is 0 Å². The summed E-state index contributed by atoms with van der Waals surface area (Å²) in [6.07, 6.45) is 1.60. The molecule has 0 aliphatic rings. The number of nitrogens with zero attached hydrogens (tertiary/aromatic N) is 2. The SMILES string of the molecule is CN=C(NCCc1ccc(OC)c(OC(F)F)c1)N(C)CCc1cccs1. The highest BCUT2D eigenvalue weighted by Crippen LogP contribution is 2.29. The lowest BCUT2D eigenvalue weighted by atomic mass is 10.1. The number of likely N-dealkylation sites (N-methyl/N-ethyl adjacent to an activating group) is 1. The summed E-state index contributed by atoms with van der Waals surface area (Å²) >= 11 is 1.75. The fourth-order valence-electron chi connectivity index (χ4n) is 2.61. The Morgan fingerprint density at radius 2 is 2.07 bits per heavy atom. The molecule has 0 spiro atoms. The highest BCUT2D eigenvalue weighted by Gasteiger charge is 2.12. The molecular weight excluding hydrogens is 372 g/mol. The second-order valence-electron chi connectivity index (χ2n) is 5.84. The molecule has 1 aromatic carbocycles. The van der Waals surface area contributed by atoms with Gasteiger partial charge in [-0.25, -0.2) is 0 Å². The number of hydrogen-bond donors (Lipinski definition) is 1. The molecule has 1 heterocycles. The number of rotatable bonds is 9. The Labute approximate surface area is 162 Å². The zero-order chi connectivity index (χ0) is 19.6. The highest BCUT2D eigenvalue weighted by molar-refractivity contribution is 7.09. The number of hydrogen-bond acceptors (Lipinski definition) is 4. The summed E-state index contributed by atoms with van der Waals surface area (Å²) in [6, 6.07) is 9.22. The quantitative estimate of drug-likeness (QED) is 0.518. The highest BCUT2D eigenvalue weighted by atomic mass is 32.1. The molecule has 0 aliphatic carbocycles. The maximum absolute atomic E-state index is 12.5. The van der Waals surface area contributed by atoms with Gasteiger partial charge in [0.1, 0.15) is 0 Å². The first-order valence-corrected chi connectivity index (χ1v) is 9.47. The van der Waals surface area contributed by atoms with Crippen molar-refractivity contribution in [1.29, 1.82) is 0 Å². The minimum absolute atomic E-state index is 0.0439. The summed E-state index contributed by atoms with van der Waals surface area (Å²) in [7, 11) is 5.15. The maximum atomic E-state index is 12.5. The molecule has 0 aliphatic heterocycles. The molecule has 0 bridgehead atoms. The van der Waals surface area contributed by atoms with Gasteiger partial charge in [-0.15, -0.1) is 11.3 Å². The molecule has 2 rings (SSSR count). The fourth-order valence-corrected chi connectivity index (χ4v) is 3.30. The first-order valence-electron chi connectivity index (χ1n) is 8.59. The molecule has 1 N–H and O–H groups in total. The summed E-state index contributed by atoms with van der Waals surface area (Å²) in [4.78, 5) is 7.70. The molecule has 0 saturated heterocycles. The van der Waals surface area contributed by atoms with Gasteiger partial charge < -0.3 is 19.7 Å². The Bertz CT molecular complexity index is 724. The first-order chi connectivity index (χ1) is 13.0. The smallest absolute Gasteiger partial charge is 0.387 e. The number of alkyl halides is 2. The predicted molar refractivity (Wildman–Crippen MR) is 105 cm³/mol. The van der Waals surface area contributed by atoms with Gasteiger partial charge in [-0.05, 0) is 42.0 Å². The second-order valence-corrected chi connectivity index (χ2v) is 6.87. The van der Waals surface area contributed by atoms with Crippen LogP contribution in [0.15, 0.2) is 40.7 Å². The van der Waals surface area contributed by atoms with Crippen LogP contribution in [-0.4, -0.2) is 51.8 Å². The molecular formula is C19H25F2N3O2S. The van der Waals surface area contributed by atoms with E-state index in [1.165, 1.54) is 12.0 Å². The topological polar surface area (TPSA) is 46.1 Å². The summed E-state index contributed by atoms with van der Waals surface area (Å²) < 4.78 is 34.6. The number of halogens is 2. The summed E-state index contributed by atoms with van der Waals surface area (Å²) in [5, 5.41) is 5.37. The van der Waals surface area contributed by atoms with Crippen LogP contribution in [0.25, 0.3) is 0 Å².